The fraction of sp³-hybridized carbons (Fsp3) is 0.625. The van der Waals surface area contributed by atoms with E-state index in [2.05, 4.69) is 18.7 Å². The average Bonchev–Trinajstić information content (AvgIpc) is 2.40. The van der Waals surface area contributed by atoms with Gasteiger partial charge in [0, 0.05) is 10.1 Å². The zero-order valence-electron chi connectivity index (χ0n) is 12.0. The van der Waals surface area contributed by atoms with Crippen molar-refractivity contribution < 1.29 is 5.11 Å². The quantitative estimate of drug-likeness (QED) is 0.881. The largest absolute Gasteiger partial charge is 0.508 e. The number of rotatable bonds is 5. The van der Waals surface area contributed by atoms with Crippen LogP contribution in [0.3, 0.4) is 0 Å². The molecule has 1 aliphatic rings. The molecule has 1 aliphatic heterocycles. The van der Waals surface area contributed by atoms with Gasteiger partial charge in [-0.05, 0) is 69.1 Å². The van der Waals surface area contributed by atoms with Gasteiger partial charge in [-0.1, -0.05) is 13.8 Å². The fourth-order valence-electron chi connectivity index (χ4n) is 2.41. The molecule has 1 aromatic carbocycles. The van der Waals surface area contributed by atoms with E-state index in [1.165, 1.54) is 43.8 Å². The Labute approximate surface area is 121 Å². The molecule has 1 aromatic rings. The molecule has 0 unspecified atom stereocenters. The SMILES string of the molecule is CC(C)CCN1CCC(Sc2ccc(O)cc2)CC1. The number of piperidine rings is 1. The van der Waals surface area contributed by atoms with Gasteiger partial charge in [-0.15, -0.1) is 11.8 Å². The number of aromatic hydroxyl groups is 1. The third kappa shape index (κ3) is 5.07. The topological polar surface area (TPSA) is 23.5 Å². The third-order valence-corrected chi connectivity index (χ3v) is 5.05. The second-order valence-corrected chi connectivity index (χ2v) is 7.21. The van der Waals surface area contributed by atoms with Crippen LogP contribution in [0.1, 0.15) is 33.1 Å². The number of hydrogen-bond donors (Lipinski definition) is 1. The Balaban J connectivity index is 1.72. The van der Waals surface area contributed by atoms with E-state index in [4.69, 9.17) is 0 Å². The van der Waals surface area contributed by atoms with Gasteiger partial charge in [0.2, 0.25) is 0 Å². The van der Waals surface area contributed by atoms with Crippen LogP contribution in [0.25, 0.3) is 0 Å². The molecule has 3 heteroatoms. The van der Waals surface area contributed by atoms with Gasteiger partial charge in [0.15, 0.2) is 0 Å². The first-order valence-corrected chi connectivity index (χ1v) is 8.19. The van der Waals surface area contributed by atoms with Gasteiger partial charge in [-0.3, -0.25) is 0 Å². The number of phenolic OH excluding ortho intramolecular Hbond substituents is 1. The van der Waals surface area contributed by atoms with Crippen molar-refractivity contribution in [1.82, 2.24) is 4.90 Å². The van der Waals surface area contributed by atoms with Gasteiger partial charge < -0.3 is 10.0 Å². The van der Waals surface area contributed by atoms with Crippen molar-refractivity contribution in [2.75, 3.05) is 19.6 Å². The summed E-state index contributed by atoms with van der Waals surface area (Å²) in [6.07, 6.45) is 3.88. The summed E-state index contributed by atoms with van der Waals surface area (Å²) in [4.78, 5) is 3.88. The number of likely N-dealkylation sites (tertiary alicyclic amines) is 1. The predicted octanol–water partition coefficient (Wildman–Crippen LogP) is 3.99. The van der Waals surface area contributed by atoms with Crippen LogP contribution in [0.15, 0.2) is 29.2 Å². The van der Waals surface area contributed by atoms with Gasteiger partial charge >= 0.3 is 0 Å². The smallest absolute Gasteiger partial charge is 0.115 e. The second kappa shape index (κ2) is 7.20. The number of thioether (sulfide) groups is 1. The zero-order valence-corrected chi connectivity index (χ0v) is 12.8. The summed E-state index contributed by atoms with van der Waals surface area (Å²) in [6, 6.07) is 7.59. The lowest BCUT2D eigenvalue weighted by atomic mass is 10.1. The normalized spacial score (nSPS) is 18.1. The van der Waals surface area contributed by atoms with Crippen LogP contribution in [0.2, 0.25) is 0 Å². The van der Waals surface area contributed by atoms with Crippen molar-refractivity contribution in [3.8, 4) is 5.75 Å². The van der Waals surface area contributed by atoms with E-state index >= 15 is 0 Å². The highest BCUT2D eigenvalue weighted by Crippen LogP contribution is 2.31. The Hall–Kier alpha value is -0.670. The highest BCUT2D eigenvalue weighted by atomic mass is 32.2. The van der Waals surface area contributed by atoms with Crippen LogP contribution in [0.4, 0.5) is 0 Å². The minimum Gasteiger partial charge on any atom is -0.508 e. The summed E-state index contributed by atoms with van der Waals surface area (Å²) < 4.78 is 0. The molecule has 0 bridgehead atoms. The maximum atomic E-state index is 9.29. The lowest BCUT2D eigenvalue weighted by Gasteiger charge is -2.32. The van der Waals surface area contributed by atoms with Crippen molar-refractivity contribution in [2.45, 2.75) is 43.3 Å². The van der Waals surface area contributed by atoms with Crippen molar-refractivity contribution in [3.05, 3.63) is 24.3 Å². The van der Waals surface area contributed by atoms with Crippen molar-refractivity contribution in [1.29, 1.82) is 0 Å². The van der Waals surface area contributed by atoms with Crippen LogP contribution in [0, 0.1) is 5.92 Å². The first-order chi connectivity index (χ1) is 9.13. The molecule has 0 saturated carbocycles. The van der Waals surface area contributed by atoms with E-state index in [9.17, 15) is 5.11 Å². The highest BCUT2D eigenvalue weighted by Gasteiger charge is 2.19. The summed E-state index contributed by atoms with van der Waals surface area (Å²) >= 11 is 1.96. The van der Waals surface area contributed by atoms with Crippen molar-refractivity contribution in [2.24, 2.45) is 5.92 Å². The molecule has 0 amide bonds. The van der Waals surface area contributed by atoms with E-state index < -0.39 is 0 Å². The molecule has 1 fully saturated rings. The molecule has 1 heterocycles. The molecule has 0 radical (unpaired) electrons. The number of hydrogen-bond acceptors (Lipinski definition) is 3. The molecule has 0 atom stereocenters. The Morgan fingerprint density at radius 1 is 1.21 bits per heavy atom. The predicted molar refractivity (Wildman–Crippen MR) is 82.9 cm³/mol. The third-order valence-electron chi connectivity index (χ3n) is 3.70. The monoisotopic (exact) mass is 279 g/mol. The molecule has 2 nitrogen and oxygen atoms in total. The van der Waals surface area contributed by atoms with Crippen LogP contribution in [-0.4, -0.2) is 34.9 Å². The Morgan fingerprint density at radius 3 is 2.42 bits per heavy atom. The van der Waals surface area contributed by atoms with Gasteiger partial charge in [-0.25, -0.2) is 0 Å². The lowest BCUT2D eigenvalue weighted by molar-refractivity contribution is 0.221. The number of nitrogens with zero attached hydrogens (tertiary/aromatic N) is 1. The van der Waals surface area contributed by atoms with Crippen LogP contribution >= 0.6 is 11.8 Å². The lowest BCUT2D eigenvalue weighted by Crippen LogP contribution is -2.35. The van der Waals surface area contributed by atoms with Crippen molar-refractivity contribution in [3.63, 3.8) is 0 Å². The summed E-state index contributed by atoms with van der Waals surface area (Å²) in [5.41, 5.74) is 0. The summed E-state index contributed by atoms with van der Waals surface area (Å²) in [7, 11) is 0. The molecule has 19 heavy (non-hydrogen) atoms. The van der Waals surface area contributed by atoms with E-state index in [1.54, 1.807) is 12.1 Å². The summed E-state index contributed by atoms with van der Waals surface area (Å²) in [5.74, 6) is 1.16. The van der Waals surface area contributed by atoms with Gasteiger partial charge in [0.1, 0.15) is 5.75 Å². The minimum absolute atomic E-state index is 0.354. The molecule has 1 N–H and O–H groups in total. The summed E-state index contributed by atoms with van der Waals surface area (Å²) in [6.45, 7) is 8.33. The maximum absolute atomic E-state index is 9.29. The molecule has 1 saturated heterocycles. The standard InChI is InChI=1S/C16H25NOS/c1-13(2)7-10-17-11-8-16(9-12-17)19-15-5-3-14(18)4-6-15/h3-6,13,16,18H,7-12H2,1-2H3. The molecule has 0 aliphatic carbocycles. The average molecular weight is 279 g/mol. The first-order valence-electron chi connectivity index (χ1n) is 7.31. The molecule has 0 aromatic heterocycles. The second-order valence-electron chi connectivity index (χ2n) is 5.84. The van der Waals surface area contributed by atoms with Gasteiger partial charge in [0.25, 0.3) is 0 Å². The van der Waals surface area contributed by atoms with E-state index in [0.717, 1.165) is 11.2 Å². The van der Waals surface area contributed by atoms with Crippen molar-refractivity contribution >= 4 is 11.8 Å². The van der Waals surface area contributed by atoms with Crippen LogP contribution in [-0.2, 0) is 0 Å². The van der Waals surface area contributed by atoms with E-state index in [0.29, 0.717) is 5.75 Å². The zero-order chi connectivity index (χ0) is 13.7. The van der Waals surface area contributed by atoms with E-state index in [1.807, 2.05) is 23.9 Å². The Morgan fingerprint density at radius 2 is 1.84 bits per heavy atom. The molecular formula is C16H25NOS. The number of benzene rings is 1. The summed E-state index contributed by atoms with van der Waals surface area (Å²) in [5, 5.41) is 10.0. The number of phenols is 1. The molecule has 106 valence electrons. The Kier molecular flexibility index (Phi) is 5.59. The molecular weight excluding hydrogens is 254 g/mol. The Bertz CT molecular complexity index is 369. The maximum Gasteiger partial charge on any atom is 0.115 e. The highest BCUT2D eigenvalue weighted by molar-refractivity contribution is 8.00. The van der Waals surface area contributed by atoms with Gasteiger partial charge in [0.05, 0.1) is 0 Å². The fourth-order valence-corrected chi connectivity index (χ4v) is 3.53. The minimum atomic E-state index is 0.354. The first kappa shape index (κ1) is 14.7. The molecule has 0 spiro atoms. The van der Waals surface area contributed by atoms with E-state index in [-0.39, 0.29) is 0 Å². The molecule has 2 rings (SSSR count). The van der Waals surface area contributed by atoms with Gasteiger partial charge in [-0.2, -0.15) is 0 Å². The van der Waals surface area contributed by atoms with Crippen LogP contribution in [0.5, 0.6) is 5.75 Å². The van der Waals surface area contributed by atoms with Crippen LogP contribution < -0.4 is 0 Å².